The Hall–Kier alpha value is -1.62. The third kappa shape index (κ3) is 2.63. The van der Waals surface area contributed by atoms with Crippen LogP contribution in [0.2, 0.25) is 0 Å². The van der Waals surface area contributed by atoms with E-state index in [1.54, 1.807) is 12.3 Å². The van der Waals surface area contributed by atoms with Crippen molar-refractivity contribution in [1.29, 1.82) is 0 Å². The van der Waals surface area contributed by atoms with Crippen molar-refractivity contribution in [3.8, 4) is 5.75 Å². The van der Waals surface area contributed by atoms with Crippen LogP contribution in [0.3, 0.4) is 0 Å². The van der Waals surface area contributed by atoms with Gasteiger partial charge in [-0.15, -0.1) is 0 Å². The number of amides is 1. The minimum absolute atomic E-state index is 0.0146. The van der Waals surface area contributed by atoms with Crippen molar-refractivity contribution in [3.05, 3.63) is 18.3 Å². The molecule has 110 valence electrons. The molecule has 1 saturated carbocycles. The molecule has 20 heavy (non-hydrogen) atoms. The molecule has 0 spiro atoms. The highest BCUT2D eigenvalue weighted by molar-refractivity contribution is 5.93. The molecule has 1 aromatic heterocycles. The van der Waals surface area contributed by atoms with Gasteiger partial charge in [0.25, 0.3) is 0 Å². The van der Waals surface area contributed by atoms with E-state index in [-0.39, 0.29) is 40.8 Å². The second kappa shape index (κ2) is 5.40. The maximum Gasteiger partial charge on any atom is 0.229 e. The maximum absolute atomic E-state index is 12.5. The van der Waals surface area contributed by atoms with Crippen LogP contribution in [-0.4, -0.2) is 22.0 Å². The van der Waals surface area contributed by atoms with Crippen LogP contribution in [0.1, 0.15) is 33.6 Å². The molecule has 5 nitrogen and oxygen atoms in total. The van der Waals surface area contributed by atoms with Crippen LogP contribution in [0.5, 0.6) is 5.75 Å². The molecule has 1 amide bonds. The zero-order valence-electron chi connectivity index (χ0n) is 12.3. The van der Waals surface area contributed by atoms with Crippen LogP contribution in [0, 0.1) is 17.3 Å². The van der Waals surface area contributed by atoms with E-state index in [4.69, 9.17) is 5.73 Å². The van der Waals surface area contributed by atoms with E-state index in [9.17, 15) is 9.90 Å². The van der Waals surface area contributed by atoms with Gasteiger partial charge in [0.15, 0.2) is 11.6 Å². The van der Waals surface area contributed by atoms with Crippen molar-refractivity contribution in [2.45, 2.75) is 39.7 Å². The highest BCUT2D eigenvalue weighted by Crippen LogP contribution is 2.44. The Morgan fingerprint density at radius 1 is 1.50 bits per heavy atom. The molecule has 3 atom stereocenters. The molecule has 4 N–H and O–H groups in total. The second-order valence-electron chi connectivity index (χ2n) is 6.26. The highest BCUT2D eigenvalue weighted by Gasteiger charge is 2.45. The first-order valence-corrected chi connectivity index (χ1v) is 7.04. The molecule has 0 bridgehead atoms. The number of pyridine rings is 1. The number of aromatic hydroxyl groups is 1. The summed E-state index contributed by atoms with van der Waals surface area (Å²) >= 11 is 0. The summed E-state index contributed by atoms with van der Waals surface area (Å²) in [5.74, 6) is 0.251. The zero-order chi connectivity index (χ0) is 14.9. The van der Waals surface area contributed by atoms with Crippen molar-refractivity contribution in [2.24, 2.45) is 23.0 Å². The number of anilines is 1. The van der Waals surface area contributed by atoms with Crippen LogP contribution in [-0.2, 0) is 4.79 Å². The number of carbonyl (C=O) groups is 1. The summed E-state index contributed by atoms with van der Waals surface area (Å²) < 4.78 is 0. The Morgan fingerprint density at radius 3 is 2.85 bits per heavy atom. The van der Waals surface area contributed by atoms with E-state index in [1.807, 2.05) is 0 Å². The number of hydrogen-bond donors (Lipinski definition) is 3. The lowest BCUT2D eigenvalue weighted by Crippen LogP contribution is -2.50. The second-order valence-corrected chi connectivity index (χ2v) is 6.26. The van der Waals surface area contributed by atoms with Crippen LogP contribution < -0.4 is 11.1 Å². The number of nitrogens with one attached hydrogen (secondary N) is 1. The summed E-state index contributed by atoms with van der Waals surface area (Å²) in [5.41, 5.74) is 5.93. The topological polar surface area (TPSA) is 88.2 Å². The first kappa shape index (κ1) is 14.8. The molecule has 0 aliphatic heterocycles. The minimum atomic E-state index is -0.174. The number of nitrogens with zero attached hydrogens (tertiary/aromatic N) is 1. The van der Waals surface area contributed by atoms with Gasteiger partial charge in [0, 0.05) is 18.2 Å². The molecule has 5 heteroatoms. The van der Waals surface area contributed by atoms with Gasteiger partial charge in [0.1, 0.15) is 0 Å². The summed E-state index contributed by atoms with van der Waals surface area (Å²) in [7, 11) is 0. The molecule has 3 unspecified atom stereocenters. The van der Waals surface area contributed by atoms with Gasteiger partial charge in [-0.05, 0) is 36.3 Å². The average Bonchev–Trinajstić information content (AvgIpc) is 2.38. The number of carbonyl (C=O) groups excluding carboxylic acids is 1. The molecule has 2 rings (SSSR count). The maximum atomic E-state index is 12.5. The van der Waals surface area contributed by atoms with E-state index in [1.165, 1.54) is 6.07 Å². The Morgan fingerprint density at radius 2 is 2.20 bits per heavy atom. The Balaban J connectivity index is 2.15. The molecule has 1 heterocycles. The van der Waals surface area contributed by atoms with Crippen molar-refractivity contribution in [3.63, 3.8) is 0 Å². The average molecular weight is 277 g/mol. The summed E-state index contributed by atoms with van der Waals surface area (Å²) in [6.07, 6.45) is 3.15. The van der Waals surface area contributed by atoms with Gasteiger partial charge in [0.05, 0.1) is 0 Å². The molecule has 1 fully saturated rings. The van der Waals surface area contributed by atoms with Crippen molar-refractivity contribution < 1.29 is 9.90 Å². The fourth-order valence-corrected chi connectivity index (χ4v) is 3.02. The van der Waals surface area contributed by atoms with Crippen LogP contribution >= 0.6 is 0 Å². The Kier molecular flexibility index (Phi) is 3.99. The zero-order valence-corrected chi connectivity index (χ0v) is 12.3. The lowest BCUT2D eigenvalue weighted by atomic mass is 9.61. The standard InChI is InChI=1S/C15H23N3O2/c1-9-11(16)7-6-10(15(9,2)3)14(20)18-13-12(19)5-4-8-17-13/h4-5,8-11,19H,6-7,16H2,1-3H3,(H,17,18,20). The number of rotatable bonds is 2. The van der Waals surface area contributed by atoms with Gasteiger partial charge >= 0.3 is 0 Å². The van der Waals surface area contributed by atoms with Crippen molar-refractivity contribution in [1.82, 2.24) is 4.98 Å². The smallest absolute Gasteiger partial charge is 0.229 e. The van der Waals surface area contributed by atoms with E-state index in [2.05, 4.69) is 31.1 Å². The van der Waals surface area contributed by atoms with E-state index < -0.39 is 0 Å². The normalized spacial score (nSPS) is 28.9. The molecule has 0 aromatic carbocycles. The van der Waals surface area contributed by atoms with Crippen molar-refractivity contribution >= 4 is 11.7 Å². The number of aromatic nitrogens is 1. The Bertz CT molecular complexity index is 502. The summed E-state index contributed by atoms with van der Waals surface area (Å²) in [5, 5.41) is 12.4. The predicted molar refractivity (Wildman–Crippen MR) is 78.2 cm³/mol. The molecule has 1 aliphatic rings. The molecule has 1 aliphatic carbocycles. The lowest BCUT2D eigenvalue weighted by Gasteiger charge is -2.45. The molecule has 1 aromatic rings. The monoisotopic (exact) mass is 277 g/mol. The third-order valence-corrected chi connectivity index (χ3v) is 4.85. The fourth-order valence-electron chi connectivity index (χ4n) is 3.02. The van der Waals surface area contributed by atoms with Crippen molar-refractivity contribution in [2.75, 3.05) is 5.32 Å². The quantitative estimate of drug-likeness (QED) is 0.772. The molecular weight excluding hydrogens is 254 g/mol. The van der Waals surface area contributed by atoms with Gasteiger partial charge < -0.3 is 16.2 Å². The summed E-state index contributed by atoms with van der Waals surface area (Å²) in [4.78, 5) is 16.5. The molecule has 0 radical (unpaired) electrons. The first-order chi connectivity index (χ1) is 9.34. The van der Waals surface area contributed by atoms with Gasteiger partial charge in [0.2, 0.25) is 5.91 Å². The van der Waals surface area contributed by atoms with E-state index in [0.717, 1.165) is 12.8 Å². The van der Waals surface area contributed by atoms with E-state index >= 15 is 0 Å². The predicted octanol–water partition coefficient (Wildman–Crippen LogP) is 2.13. The van der Waals surface area contributed by atoms with Crippen LogP contribution in [0.15, 0.2) is 18.3 Å². The SMILES string of the molecule is CC1C(N)CCC(C(=O)Nc2ncccc2O)C1(C)C. The number of hydrogen-bond acceptors (Lipinski definition) is 4. The van der Waals surface area contributed by atoms with Gasteiger partial charge in [-0.3, -0.25) is 4.79 Å². The number of nitrogens with two attached hydrogens (primary N) is 1. The fraction of sp³-hybridized carbons (Fsp3) is 0.600. The lowest BCUT2D eigenvalue weighted by molar-refractivity contribution is -0.127. The summed E-state index contributed by atoms with van der Waals surface area (Å²) in [6.45, 7) is 6.26. The highest BCUT2D eigenvalue weighted by atomic mass is 16.3. The first-order valence-electron chi connectivity index (χ1n) is 7.04. The third-order valence-electron chi connectivity index (χ3n) is 4.85. The van der Waals surface area contributed by atoms with Gasteiger partial charge in [-0.2, -0.15) is 0 Å². The molecule has 0 saturated heterocycles. The van der Waals surface area contributed by atoms with Gasteiger partial charge in [-0.25, -0.2) is 4.98 Å². The summed E-state index contributed by atoms with van der Waals surface area (Å²) in [6, 6.07) is 3.27. The van der Waals surface area contributed by atoms with E-state index in [0.29, 0.717) is 0 Å². The largest absolute Gasteiger partial charge is 0.504 e. The van der Waals surface area contributed by atoms with Crippen LogP contribution in [0.25, 0.3) is 0 Å². The minimum Gasteiger partial charge on any atom is -0.504 e. The molecular formula is C15H23N3O2. The van der Waals surface area contributed by atoms with Gasteiger partial charge in [-0.1, -0.05) is 20.8 Å². The Labute approximate surface area is 119 Å². The van der Waals surface area contributed by atoms with Crippen LogP contribution in [0.4, 0.5) is 5.82 Å².